The van der Waals surface area contributed by atoms with Crippen molar-refractivity contribution in [1.29, 1.82) is 0 Å². The summed E-state index contributed by atoms with van der Waals surface area (Å²) in [5.74, 6) is 0.194. The fourth-order valence-corrected chi connectivity index (χ4v) is 3.24. The van der Waals surface area contributed by atoms with Crippen LogP contribution < -0.4 is 4.90 Å². The van der Waals surface area contributed by atoms with E-state index in [0.717, 1.165) is 30.9 Å². The number of aryl methyl sites for hydroxylation is 2. The van der Waals surface area contributed by atoms with Crippen LogP contribution in [-0.2, 0) is 11.3 Å². The second kappa shape index (κ2) is 6.55. The minimum Gasteiger partial charge on any atom is -0.310 e. The van der Waals surface area contributed by atoms with Gasteiger partial charge in [0, 0.05) is 25.3 Å². The summed E-state index contributed by atoms with van der Waals surface area (Å²) in [6.45, 7) is 8.69. The molecule has 1 atom stereocenters. The molecule has 120 valence electrons. The van der Waals surface area contributed by atoms with Crippen LogP contribution in [-0.4, -0.2) is 29.9 Å². The van der Waals surface area contributed by atoms with E-state index in [1.807, 2.05) is 30.0 Å². The van der Waals surface area contributed by atoms with E-state index in [0.29, 0.717) is 0 Å². The predicted molar refractivity (Wildman–Crippen MR) is 94.6 cm³/mol. The van der Waals surface area contributed by atoms with Gasteiger partial charge in [-0.3, -0.25) is 9.69 Å². The van der Waals surface area contributed by atoms with Crippen molar-refractivity contribution in [2.24, 2.45) is 0 Å². The average molecular weight is 308 g/mol. The molecule has 2 aromatic rings. The standard InChI is InChI=1S/C20H24N2O/c1-15-8-4-6-10-18(15)14-21-12-13-22(20(23)17(21)3)19-11-7-5-9-16(19)2/h4-11,17H,12-14H2,1-3H3. The number of carbonyl (C=O) groups is 1. The van der Waals surface area contributed by atoms with Crippen molar-refractivity contribution < 1.29 is 4.79 Å². The van der Waals surface area contributed by atoms with Gasteiger partial charge in [-0.05, 0) is 43.5 Å². The van der Waals surface area contributed by atoms with Crippen LogP contribution in [0.3, 0.4) is 0 Å². The van der Waals surface area contributed by atoms with Crippen LogP contribution in [0, 0.1) is 13.8 Å². The molecule has 0 radical (unpaired) electrons. The first-order chi connectivity index (χ1) is 11.1. The maximum absolute atomic E-state index is 12.8. The molecule has 1 fully saturated rings. The van der Waals surface area contributed by atoms with Crippen molar-refractivity contribution in [3.63, 3.8) is 0 Å². The summed E-state index contributed by atoms with van der Waals surface area (Å²) in [6.07, 6.45) is 0. The molecule has 3 nitrogen and oxygen atoms in total. The second-order valence-electron chi connectivity index (χ2n) is 6.35. The SMILES string of the molecule is Cc1ccccc1CN1CCN(c2ccccc2C)C(=O)C1C. The molecule has 23 heavy (non-hydrogen) atoms. The fourth-order valence-electron chi connectivity index (χ4n) is 3.24. The zero-order valence-corrected chi connectivity index (χ0v) is 14.1. The molecular weight excluding hydrogens is 284 g/mol. The Morgan fingerprint density at radius 3 is 2.30 bits per heavy atom. The van der Waals surface area contributed by atoms with Gasteiger partial charge in [-0.2, -0.15) is 0 Å². The summed E-state index contributed by atoms with van der Waals surface area (Å²) < 4.78 is 0. The summed E-state index contributed by atoms with van der Waals surface area (Å²) in [7, 11) is 0. The zero-order chi connectivity index (χ0) is 16.4. The molecule has 1 aliphatic rings. The van der Waals surface area contributed by atoms with Gasteiger partial charge in [-0.1, -0.05) is 42.5 Å². The van der Waals surface area contributed by atoms with E-state index in [-0.39, 0.29) is 11.9 Å². The van der Waals surface area contributed by atoms with Crippen LogP contribution in [0.2, 0.25) is 0 Å². The van der Waals surface area contributed by atoms with E-state index in [9.17, 15) is 4.79 Å². The highest BCUT2D eigenvalue weighted by Gasteiger charge is 2.32. The van der Waals surface area contributed by atoms with Crippen LogP contribution in [0.5, 0.6) is 0 Å². The highest BCUT2D eigenvalue weighted by Crippen LogP contribution is 2.25. The number of carbonyl (C=O) groups excluding carboxylic acids is 1. The van der Waals surface area contributed by atoms with Crippen molar-refractivity contribution in [2.45, 2.75) is 33.4 Å². The zero-order valence-electron chi connectivity index (χ0n) is 14.1. The lowest BCUT2D eigenvalue weighted by Gasteiger charge is -2.39. The first-order valence-corrected chi connectivity index (χ1v) is 8.23. The monoisotopic (exact) mass is 308 g/mol. The first kappa shape index (κ1) is 15.8. The largest absolute Gasteiger partial charge is 0.310 e. The Kier molecular flexibility index (Phi) is 4.49. The topological polar surface area (TPSA) is 23.6 Å². The van der Waals surface area contributed by atoms with Crippen molar-refractivity contribution in [3.05, 3.63) is 65.2 Å². The van der Waals surface area contributed by atoms with Gasteiger partial charge < -0.3 is 4.90 Å². The van der Waals surface area contributed by atoms with Crippen LogP contribution in [0.1, 0.15) is 23.6 Å². The van der Waals surface area contributed by atoms with Gasteiger partial charge in [0.15, 0.2) is 0 Å². The molecular formula is C20H24N2O. The molecule has 3 rings (SSSR count). The normalized spacial score (nSPS) is 19.2. The van der Waals surface area contributed by atoms with E-state index in [4.69, 9.17) is 0 Å². The molecule has 3 heteroatoms. The van der Waals surface area contributed by atoms with Gasteiger partial charge in [0.25, 0.3) is 0 Å². The molecule has 0 spiro atoms. The fraction of sp³-hybridized carbons (Fsp3) is 0.350. The molecule has 1 amide bonds. The van der Waals surface area contributed by atoms with Gasteiger partial charge >= 0.3 is 0 Å². The number of rotatable bonds is 3. The molecule has 1 aliphatic heterocycles. The Morgan fingerprint density at radius 1 is 0.957 bits per heavy atom. The van der Waals surface area contributed by atoms with Crippen molar-refractivity contribution in [2.75, 3.05) is 18.0 Å². The second-order valence-corrected chi connectivity index (χ2v) is 6.35. The Morgan fingerprint density at radius 2 is 1.61 bits per heavy atom. The molecule has 2 aromatic carbocycles. The molecule has 1 unspecified atom stereocenters. The maximum Gasteiger partial charge on any atom is 0.244 e. The molecule has 0 saturated carbocycles. The van der Waals surface area contributed by atoms with Crippen LogP contribution >= 0.6 is 0 Å². The van der Waals surface area contributed by atoms with Crippen molar-refractivity contribution >= 4 is 11.6 Å². The van der Waals surface area contributed by atoms with Gasteiger partial charge in [-0.25, -0.2) is 0 Å². The summed E-state index contributed by atoms with van der Waals surface area (Å²) in [5, 5.41) is 0. The van der Waals surface area contributed by atoms with E-state index < -0.39 is 0 Å². The highest BCUT2D eigenvalue weighted by molar-refractivity contribution is 5.98. The number of nitrogens with zero attached hydrogens (tertiary/aromatic N) is 2. The average Bonchev–Trinajstić information content (AvgIpc) is 2.55. The van der Waals surface area contributed by atoms with Gasteiger partial charge in [-0.15, -0.1) is 0 Å². The summed E-state index contributed by atoms with van der Waals surface area (Å²) in [5.41, 5.74) is 4.78. The predicted octanol–water partition coefficient (Wildman–Crippen LogP) is 3.54. The number of piperazine rings is 1. The molecule has 1 heterocycles. The molecule has 0 aliphatic carbocycles. The Hall–Kier alpha value is -2.13. The lowest BCUT2D eigenvalue weighted by molar-refractivity contribution is -0.125. The molecule has 0 aromatic heterocycles. The lowest BCUT2D eigenvalue weighted by atomic mass is 10.1. The number of anilines is 1. The maximum atomic E-state index is 12.8. The first-order valence-electron chi connectivity index (χ1n) is 8.23. The number of amides is 1. The van der Waals surface area contributed by atoms with Gasteiger partial charge in [0.2, 0.25) is 5.91 Å². The van der Waals surface area contributed by atoms with Crippen LogP contribution in [0.15, 0.2) is 48.5 Å². The van der Waals surface area contributed by atoms with Crippen LogP contribution in [0.4, 0.5) is 5.69 Å². The Balaban J connectivity index is 1.77. The number of para-hydroxylation sites is 1. The van der Waals surface area contributed by atoms with Crippen molar-refractivity contribution in [1.82, 2.24) is 4.90 Å². The number of hydrogen-bond acceptors (Lipinski definition) is 2. The minimum absolute atomic E-state index is 0.0945. The van der Waals surface area contributed by atoms with Gasteiger partial charge in [0.1, 0.15) is 0 Å². The van der Waals surface area contributed by atoms with E-state index in [1.165, 1.54) is 11.1 Å². The van der Waals surface area contributed by atoms with E-state index in [1.54, 1.807) is 0 Å². The molecule has 0 bridgehead atoms. The highest BCUT2D eigenvalue weighted by atomic mass is 16.2. The minimum atomic E-state index is -0.0945. The summed E-state index contributed by atoms with van der Waals surface area (Å²) in [4.78, 5) is 17.1. The lowest BCUT2D eigenvalue weighted by Crippen LogP contribution is -2.55. The summed E-state index contributed by atoms with van der Waals surface area (Å²) in [6, 6.07) is 16.4. The summed E-state index contributed by atoms with van der Waals surface area (Å²) >= 11 is 0. The number of benzene rings is 2. The Labute approximate surface area is 138 Å². The van der Waals surface area contributed by atoms with Crippen molar-refractivity contribution in [3.8, 4) is 0 Å². The molecule has 1 saturated heterocycles. The third-order valence-electron chi connectivity index (χ3n) is 4.82. The van der Waals surface area contributed by atoms with Crippen LogP contribution in [0.25, 0.3) is 0 Å². The third-order valence-corrected chi connectivity index (χ3v) is 4.82. The van der Waals surface area contributed by atoms with Gasteiger partial charge in [0.05, 0.1) is 6.04 Å². The quantitative estimate of drug-likeness (QED) is 0.866. The molecule has 0 N–H and O–H groups in total. The Bertz CT molecular complexity index is 710. The van der Waals surface area contributed by atoms with E-state index in [2.05, 4.69) is 49.1 Å². The third kappa shape index (κ3) is 3.15. The smallest absolute Gasteiger partial charge is 0.244 e. The van der Waals surface area contributed by atoms with E-state index >= 15 is 0 Å². The number of hydrogen-bond donors (Lipinski definition) is 0.